The minimum Gasteiger partial charge on any atom is -0.0896 e. The second-order valence-corrected chi connectivity index (χ2v) is 4.45. The van der Waals surface area contributed by atoms with E-state index < -0.39 is 5.54 Å². The van der Waals surface area contributed by atoms with Crippen molar-refractivity contribution < 1.29 is 0 Å². The minimum atomic E-state index is -0.722. The Morgan fingerprint density at radius 1 is 1.11 bits per heavy atom. The van der Waals surface area contributed by atoms with Crippen molar-refractivity contribution in [3.05, 3.63) is 56.8 Å². The van der Waals surface area contributed by atoms with Gasteiger partial charge in [0.05, 0.1) is 11.6 Å². The van der Waals surface area contributed by atoms with Gasteiger partial charge in [0.25, 0.3) is 0 Å². The third kappa shape index (κ3) is 2.12. The SMILES string of the molecule is [N-]=[N+]=N[C@@H]1CCCC[C@]1(N=[N+]=[N-])c1ccccc1. The molecule has 1 aliphatic carbocycles. The Kier molecular flexibility index (Phi) is 3.72. The van der Waals surface area contributed by atoms with Crippen molar-refractivity contribution in [1.82, 2.24) is 0 Å². The molecule has 1 fully saturated rings. The van der Waals surface area contributed by atoms with Crippen LogP contribution in [0.1, 0.15) is 31.2 Å². The molecule has 0 aromatic heterocycles. The highest BCUT2D eigenvalue weighted by Crippen LogP contribution is 2.42. The van der Waals surface area contributed by atoms with Crippen LogP contribution in [0, 0.1) is 0 Å². The number of azide groups is 2. The van der Waals surface area contributed by atoms with Crippen molar-refractivity contribution in [1.29, 1.82) is 0 Å². The zero-order chi connectivity index (χ0) is 12.8. The van der Waals surface area contributed by atoms with Crippen molar-refractivity contribution in [2.24, 2.45) is 10.2 Å². The van der Waals surface area contributed by atoms with E-state index >= 15 is 0 Å². The minimum absolute atomic E-state index is 0.297. The van der Waals surface area contributed by atoms with E-state index in [4.69, 9.17) is 11.1 Å². The highest BCUT2D eigenvalue weighted by atomic mass is 15.2. The molecule has 6 heteroatoms. The zero-order valence-corrected chi connectivity index (χ0v) is 9.98. The Labute approximate surface area is 105 Å². The summed E-state index contributed by atoms with van der Waals surface area (Å²) in [6, 6.07) is 9.30. The molecule has 2 rings (SSSR count). The van der Waals surface area contributed by atoms with Crippen molar-refractivity contribution in [3.63, 3.8) is 0 Å². The number of hydrogen-bond donors (Lipinski definition) is 0. The van der Waals surface area contributed by atoms with Gasteiger partial charge in [-0.15, -0.1) is 0 Å². The maximum absolute atomic E-state index is 8.85. The molecular weight excluding hydrogens is 228 g/mol. The van der Waals surface area contributed by atoms with Crippen molar-refractivity contribution in [2.75, 3.05) is 0 Å². The summed E-state index contributed by atoms with van der Waals surface area (Å²) in [5.74, 6) is 0. The van der Waals surface area contributed by atoms with E-state index in [9.17, 15) is 0 Å². The van der Waals surface area contributed by atoms with Crippen LogP contribution in [0.15, 0.2) is 40.6 Å². The van der Waals surface area contributed by atoms with Gasteiger partial charge in [-0.2, -0.15) is 0 Å². The first kappa shape index (κ1) is 12.3. The molecule has 0 heterocycles. The summed E-state index contributed by atoms with van der Waals surface area (Å²) in [7, 11) is 0. The Bertz CT molecular complexity index is 501. The van der Waals surface area contributed by atoms with Gasteiger partial charge >= 0.3 is 0 Å². The summed E-state index contributed by atoms with van der Waals surface area (Å²) in [5, 5.41) is 7.85. The fraction of sp³-hybridized carbons (Fsp3) is 0.500. The molecule has 92 valence electrons. The van der Waals surface area contributed by atoms with Crippen LogP contribution in [-0.2, 0) is 5.54 Å². The molecule has 6 nitrogen and oxygen atoms in total. The topological polar surface area (TPSA) is 97.5 Å². The summed E-state index contributed by atoms with van der Waals surface area (Å²) in [5.41, 5.74) is 17.8. The predicted molar refractivity (Wildman–Crippen MR) is 68.7 cm³/mol. The van der Waals surface area contributed by atoms with Crippen LogP contribution < -0.4 is 0 Å². The Balaban J connectivity index is 2.53. The van der Waals surface area contributed by atoms with E-state index in [1.165, 1.54) is 0 Å². The molecule has 0 radical (unpaired) electrons. The molecule has 1 saturated carbocycles. The van der Waals surface area contributed by atoms with Crippen LogP contribution in [0.2, 0.25) is 0 Å². The Morgan fingerprint density at radius 2 is 1.89 bits per heavy atom. The molecule has 0 saturated heterocycles. The van der Waals surface area contributed by atoms with Crippen molar-refractivity contribution in [2.45, 2.75) is 37.3 Å². The van der Waals surface area contributed by atoms with Crippen LogP contribution in [0.25, 0.3) is 20.9 Å². The lowest BCUT2D eigenvalue weighted by Crippen LogP contribution is -2.38. The summed E-state index contributed by atoms with van der Waals surface area (Å²) >= 11 is 0. The molecule has 2 atom stereocenters. The largest absolute Gasteiger partial charge is 0.0896 e. The summed E-state index contributed by atoms with van der Waals surface area (Å²) in [4.78, 5) is 5.89. The van der Waals surface area contributed by atoms with Gasteiger partial charge in [0.2, 0.25) is 0 Å². The molecule has 0 aliphatic heterocycles. The average molecular weight is 242 g/mol. The summed E-state index contributed by atoms with van der Waals surface area (Å²) in [6.45, 7) is 0. The lowest BCUT2D eigenvalue weighted by atomic mass is 9.74. The second kappa shape index (κ2) is 5.45. The number of nitrogens with zero attached hydrogens (tertiary/aromatic N) is 6. The van der Waals surface area contributed by atoms with E-state index in [1.807, 2.05) is 30.3 Å². The van der Waals surface area contributed by atoms with E-state index in [0.717, 1.165) is 31.2 Å². The van der Waals surface area contributed by atoms with E-state index in [1.54, 1.807) is 0 Å². The normalized spacial score (nSPS) is 26.8. The standard InChI is InChI=1S/C12H14N6/c13-17-15-11-8-4-5-9-12(11,16-18-14)10-6-2-1-3-7-10/h1-3,6-7,11H,4-5,8-9H2/t11-,12+/m1/s1. The highest BCUT2D eigenvalue weighted by Gasteiger charge is 2.41. The van der Waals surface area contributed by atoms with Gasteiger partial charge in [0, 0.05) is 9.82 Å². The van der Waals surface area contributed by atoms with Crippen molar-refractivity contribution in [3.8, 4) is 0 Å². The quantitative estimate of drug-likeness (QED) is 0.425. The molecule has 1 aliphatic rings. The van der Waals surface area contributed by atoms with Gasteiger partial charge in [-0.1, -0.05) is 53.4 Å². The number of benzene rings is 1. The summed E-state index contributed by atoms with van der Waals surface area (Å²) < 4.78 is 0. The second-order valence-electron chi connectivity index (χ2n) is 4.45. The predicted octanol–water partition coefficient (Wildman–Crippen LogP) is 4.45. The lowest BCUT2D eigenvalue weighted by molar-refractivity contribution is 0.256. The number of rotatable bonds is 3. The monoisotopic (exact) mass is 242 g/mol. The first-order chi connectivity index (χ1) is 8.83. The first-order valence-electron chi connectivity index (χ1n) is 5.99. The van der Waals surface area contributed by atoms with Gasteiger partial charge in [-0.25, -0.2) is 0 Å². The Hall–Kier alpha value is -2.16. The van der Waals surface area contributed by atoms with Gasteiger partial charge in [-0.05, 0) is 29.5 Å². The molecule has 1 aromatic rings. The van der Waals surface area contributed by atoms with E-state index in [0.29, 0.717) is 0 Å². The van der Waals surface area contributed by atoms with Gasteiger partial charge in [-0.3, -0.25) is 0 Å². The molecule has 1 aromatic carbocycles. The molecule has 0 bridgehead atoms. The average Bonchev–Trinajstić information content (AvgIpc) is 2.43. The lowest BCUT2D eigenvalue weighted by Gasteiger charge is -2.38. The molecule has 18 heavy (non-hydrogen) atoms. The molecule has 0 amide bonds. The third-order valence-corrected chi connectivity index (χ3v) is 3.52. The maximum atomic E-state index is 8.85. The van der Waals surface area contributed by atoms with Gasteiger partial charge in [0.1, 0.15) is 0 Å². The zero-order valence-electron chi connectivity index (χ0n) is 9.98. The van der Waals surface area contributed by atoms with Crippen molar-refractivity contribution >= 4 is 0 Å². The van der Waals surface area contributed by atoms with Crippen LogP contribution in [0.4, 0.5) is 0 Å². The van der Waals surface area contributed by atoms with Gasteiger partial charge < -0.3 is 0 Å². The van der Waals surface area contributed by atoms with Crippen LogP contribution in [-0.4, -0.2) is 6.04 Å². The Morgan fingerprint density at radius 3 is 2.56 bits per heavy atom. The third-order valence-electron chi connectivity index (χ3n) is 3.52. The molecular formula is C12H14N6. The fourth-order valence-corrected chi connectivity index (χ4v) is 2.67. The molecule has 0 spiro atoms. The van der Waals surface area contributed by atoms with E-state index in [-0.39, 0.29) is 6.04 Å². The fourth-order valence-electron chi connectivity index (χ4n) is 2.67. The van der Waals surface area contributed by atoms with Crippen LogP contribution in [0.3, 0.4) is 0 Å². The van der Waals surface area contributed by atoms with Crippen LogP contribution in [0.5, 0.6) is 0 Å². The molecule has 0 N–H and O–H groups in total. The highest BCUT2D eigenvalue weighted by molar-refractivity contribution is 5.28. The molecule has 0 unspecified atom stereocenters. The smallest absolute Gasteiger partial charge is 0.0822 e. The van der Waals surface area contributed by atoms with Crippen LogP contribution >= 0.6 is 0 Å². The maximum Gasteiger partial charge on any atom is 0.0822 e. The van der Waals surface area contributed by atoms with E-state index in [2.05, 4.69) is 20.1 Å². The first-order valence-corrected chi connectivity index (χ1v) is 5.99. The summed E-state index contributed by atoms with van der Waals surface area (Å²) in [6.07, 6.45) is 3.47. The number of hydrogen-bond acceptors (Lipinski definition) is 2. The van der Waals surface area contributed by atoms with Gasteiger partial charge in [0.15, 0.2) is 0 Å².